The summed E-state index contributed by atoms with van der Waals surface area (Å²) < 4.78 is 5.20. The first kappa shape index (κ1) is 18.4. The van der Waals surface area contributed by atoms with Gasteiger partial charge in [-0.15, -0.1) is 5.06 Å². The molecule has 2 aromatic carbocycles. The molecule has 1 aliphatic rings. The van der Waals surface area contributed by atoms with Crippen LogP contribution >= 0.6 is 11.6 Å². The van der Waals surface area contributed by atoms with Gasteiger partial charge in [-0.1, -0.05) is 41.9 Å². The minimum atomic E-state index is -0.498. The first-order chi connectivity index (χ1) is 12.5. The quantitative estimate of drug-likeness (QED) is 0.822. The molecule has 0 saturated carbocycles. The van der Waals surface area contributed by atoms with Crippen molar-refractivity contribution in [3.05, 3.63) is 64.7 Å². The topological polar surface area (TPSA) is 59.1 Å². The van der Waals surface area contributed by atoms with Gasteiger partial charge in [0, 0.05) is 24.6 Å². The molecule has 2 aromatic rings. The van der Waals surface area contributed by atoms with E-state index in [0.717, 1.165) is 11.1 Å². The summed E-state index contributed by atoms with van der Waals surface area (Å²) in [6.07, 6.45) is 0. The first-order valence-electron chi connectivity index (χ1n) is 8.10. The number of hydrogen-bond acceptors (Lipinski definition) is 5. The predicted octanol–water partition coefficient (Wildman–Crippen LogP) is 3.16. The number of rotatable bonds is 4. The summed E-state index contributed by atoms with van der Waals surface area (Å²) in [4.78, 5) is 31.4. The number of benzene rings is 2. The van der Waals surface area contributed by atoms with E-state index in [4.69, 9.17) is 21.2 Å². The Kier molecular flexibility index (Phi) is 5.56. The molecule has 136 valence electrons. The van der Waals surface area contributed by atoms with Crippen LogP contribution in [0.3, 0.4) is 0 Å². The highest BCUT2D eigenvalue weighted by Gasteiger charge is 2.36. The van der Waals surface area contributed by atoms with Gasteiger partial charge in [-0.2, -0.15) is 0 Å². The van der Waals surface area contributed by atoms with E-state index in [0.29, 0.717) is 10.7 Å². The van der Waals surface area contributed by atoms with E-state index in [1.807, 2.05) is 30.3 Å². The summed E-state index contributed by atoms with van der Waals surface area (Å²) in [6.45, 7) is 1.29. The zero-order valence-electron chi connectivity index (χ0n) is 14.5. The monoisotopic (exact) mass is 374 g/mol. The normalized spacial score (nSPS) is 17.6. The third-order valence-corrected chi connectivity index (χ3v) is 4.31. The maximum Gasteiger partial charge on any atom is 0.322 e. The van der Waals surface area contributed by atoms with Crippen molar-refractivity contribution in [2.75, 3.05) is 25.3 Å². The summed E-state index contributed by atoms with van der Waals surface area (Å²) in [5.74, 6) is -0.738. The van der Waals surface area contributed by atoms with Crippen LogP contribution in [0.1, 0.15) is 24.1 Å². The molecule has 0 spiro atoms. The molecular formula is C19H19ClN2O4. The number of hydroxylamine groups is 2. The number of hydrogen-bond donors (Lipinski definition) is 0. The smallest absolute Gasteiger partial charge is 0.322 e. The predicted molar refractivity (Wildman–Crippen MR) is 97.6 cm³/mol. The molecule has 1 atom stereocenters. The molecule has 3 rings (SSSR count). The second-order valence-corrected chi connectivity index (χ2v) is 6.35. The Labute approximate surface area is 156 Å². The minimum Gasteiger partial charge on any atom is -0.367 e. The maximum absolute atomic E-state index is 12.8. The number of carbonyl (C=O) groups is 2. The van der Waals surface area contributed by atoms with Crippen molar-refractivity contribution in [2.45, 2.75) is 13.0 Å². The molecule has 0 aromatic heterocycles. The second-order valence-electron chi connectivity index (χ2n) is 5.91. The fourth-order valence-corrected chi connectivity index (χ4v) is 3.27. The van der Waals surface area contributed by atoms with Gasteiger partial charge in [-0.05, 0) is 23.8 Å². The fraction of sp³-hybridized carbons (Fsp3) is 0.263. The Hall–Kier alpha value is -2.41. The van der Waals surface area contributed by atoms with Crippen LogP contribution in [0, 0.1) is 0 Å². The molecule has 1 amide bonds. The van der Waals surface area contributed by atoms with Crippen LogP contribution in [0.5, 0.6) is 0 Å². The Bertz CT molecular complexity index is 812. The van der Waals surface area contributed by atoms with E-state index in [-0.39, 0.29) is 19.2 Å². The number of nitrogens with zero attached hydrogens (tertiary/aromatic N) is 2. The van der Waals surface area contributed by atoms with Gasteiger partial charge >= 0.3 is 5.97 Å². The number of ether oxygens (including phenoxy) is 1. The van der Waals surface area contributed by atoms with E-state index >= 15 is 0 Å². The van der Waals surface area contributed by atoms with E-state index in [1.165, 1.54) is 24.0 Å². The van der Waals surface area contributed by atoms with Crippen molar-refractivity contribution < 1.29 is 19.2 Å². The van der Waals surface area contributed by atoms with E-state index in [1.54, 1.807) is 18.2 Å². The van der Waals surface area contributed by atoms with Crippen LogP contribution in [0.2, 0.25) is 5.02 Å². The van der Waals surface area contributed by atoms with Crippen molar-refractivity contribution in [2.24, 2.45) is 0 Å². The molecule has 0 N–H and O–H groups in total. The van der Waals surface area contributed by atoms with Crippen LogP contribution in [-0.2, 0) is 19.2 Å². The van der Waals surface area contributed by atoms with Crippen LogP contribution in [-0.4, -0.2) is 37.3 Å². The average molecular weight is 375 g/mol. The molecule has 0 saturated heterocycles. The lowest BCUT2D eigenvalue weighted by Crippen LogP contribution is -2.40. The van der Waals surface area contributed by atoms with Crippen LogP contribution in [0.25, 0.3) is 0 Å². The number of fused-ring (bicyclic) bond motifs is 1. The molecule has 1 aliphatic heterocycles. The van der Waals surface area contributed by atoms with Crippen LogP contribution in [0.15, 0.2) is 48.5 Å². The molecular weight excluding hydrogens is 356 g/mol. The van der Waals surface area contributed by atoms with Gasteiger partial charge < -0.3 is 9.57 Å². The minimum absolute atomic E-state index is 0.0862. The Morgan fingerprint density at radius 3 is 2.62 bits per heavy atom. The van der Waals surface area contributed by atoms with Gasteiger partial charge in [-0.3, -0.25) is 14.5 Å². The highest BCUT2D eigenvalue weighted by molar-refractivity contribution is 6.30. The largest absolute Gasteiger partial charge is 0.367 e. The third kappa shape index (κ3) is 3.72. The Morgan fingerprint density at radius 1 is 1.23 bits per heavy atom. The zero-order valence-corrected chi connectivity index (χ0v) is 15.3. The number of anilines is 1. The molecule has 26 heavy (non-hydrogen) atoms. The molecule has 1 heterocycles. The van der Waals surface area contributed by atoms with Crippen LogP contribution < -0.4 is 4.90 Å². The lowest BCUT2D eigenvalue weighted by Gasteiger charge is -2.28. The Morgan fingerprint density at radius 2 is 1.96 bits per heavy atom. The van der Waals surface area contributed by atoms with Crippen molar-refractivity contribution in [1.29, 1.82) is 0 Å². The van der Waals surface area contributed by atoms with Gasteiger partial charge in [0.1, 0.15) is 13.3 Å². The summed E-state index contributed by atoms with van der Waals surface area (Å²) in [5.41, 5.74) is 2.31. The Balaban J connectivity index is 2.21. The summed E-state index contributed by atoms with van der Waals surface area (Å²) in [6, 6.07) is 14.3. The van der Waals surface area contributed by atoms with E-state index in [2.05, 4.69) is 0 Å². The highest BCUT2D eigenvalue weighted by Crippen LogP contribution is 2.39. The number of amides is 1. The molecule has 0 aliphatic carbocycles. The van der Waals surface area contributed by atoms with Gasteiger partial charge in [0.2, 0.25) is 5.91 Å². The van der Waals surface area contributed by atoms with Crippen molar-refractivity contribution in [1.82, 2.24) is 5.06 Å². The first-order valence-corrected chi connectivity index (χ1v) is 8.48. The third-order valence-electron chi connectivity index (χ3n) is 4.07. The summed E-state index contributed by atoms with van der Waals surface area (Å²) in [7, 11) is 1.52. The maximum atomic E-state index is 12.8. The SMILES string of the molecule is COCN1C(=O)CN(OC(C)=O)C(c2ccccc2)c2cc(Cl)ccc21. The number of halogens is 1. The standard InChI is InChI=1S/C19H19ClN2O4/c1-13(23)26-22-11-18(24)21(12-25-2)17-9-8-15(20)10-16(17)19(22)14-6-4-3-5-7-14/h3-10,19H,11-12H2,1-2H3. The van der Waals surface area contributed by atoms with Crippen molar-refractivity contribution in [3.63, 3.8) is 0 Å². The second kappa shape index (κ2) is 7.86. The summed E-state index contributed by atoms with van der Waals surface area (Å²) >= 11 is 6.24. The van der Waals surface area contributed by atoms with Gasteiger partial charge in [0.25, 0.3) is 0 Å². The molecule has 0 fully saturated rings. The molecule has 6 nitrogen and oxygen atoms in total. The van der Waals surface area contributed by atoms with Gasteiger partial charge in [-0.25, -0.2) is 0 Å². The van der Waals surface area contributed by atoms with Gasteiger partial charge in [0.05, 0.1) is 11.7 Å². The highest BCUT2D eigenvalue weighted by atomic mass is 35.5. The van der Waals surface area contributed by atoms with Crippen LogP contribution in [0.4, 0.5) is 5.69 Å². The number of carbonyl (C=O) groups excluding carboxylic acids is 2. The van der Waals surface area contributed by atoms with E-state index in [9.17, 15) is 9.59 Å². The average Bonchev–Trinajstić information content (AvgIpc) is 2.70. The molecule has 0 bridgehead atoms. The van der Waals surface area contributed by atoms with E-state index < -0.39 is 12.0 Å². The fourth-order valence-electron chi connectivity index (χ4n) is 3.09. The lowest BCUT2D eigenvalue weighted by atomic mass is 9.97. The summed E-state index contributed by atoms with van der Waals surface area (Å²) in [5, 5.41) is 1.92. The zero-order chi connectivity index (χ0) is 18.7. The molecule has 7 heteroatoms. The lowest BCUT2D eigenvalue weighted by molar-refractivity contribution is -0.196. The molecule has 1 unspecified atom stereocenters. The van der Waals surface area contributed by atoms with Gasteiger partial charge in [0.15, 0.2) is 0 Å². The molecule has 0 radical (unpaired) electrons. The van der Waals surface area contributed by atoms with Crippen molar-refractivity contribution in [3.8, 4) is 0 Å². The van der Waals surface area contributed by atoms with Crippen molar-refractivity contribution >= 4 is 29.2 Å². The number of methoxy groups -OCH3 is 1.